The van der Waals surface area contributed by atoms with Crippen LogP contribution in [0.4, 0.5) is 0 Å². The minimum absolute atomic E-state index is 0.110. The van der Waals surface area contributed by atoms with Crippen molar-refractivity contribution in [3.05, 3.63) is 52.0 Å². The number of halogens is 2. The summed E-state index contributed by atoms with van der Waals surface area (Å²) in [7, 11) is 1.51. The van der Waals surface area contributed by atoms with Gasteiger partial charge in [0.2, 0.25) is 0 Å². The van der Waals surface area contributed by atoms with Crippen LogP contribution in [-0.4, -0.2) is 43.9 Å². The average Bonchev–Trinajstić information content (AvgIpc) is 2.83. The Morgan fingerprint density at radius 2 is 1.81 bits per heavy atom. The van der Waals surface area contributed by atoms with Crippen LogP contribution in [0, 0.1) is 18.3 Å². The molecule has 8 nitrogen and oxygen atoms in total. The third-order valence-corrected chi connectivity index (χ3v) is 5.32. The summed E-state index contributed by atoms with van der Waals surface area (Å²) in [6.45, 7) is 5.56. The lowest BCUT2D eigenvalue weighted by Gasteiger charge is -2.22. The van der Waals surface area contributed by atoms with Crippen LogP contribution in [0.25, 0.3) is 0 Å². The maximum absolute atomic E-state index is 12.8. The van der Waals surface area contributed by atoms with E-state index in [9.17, 15) is 9.59 Å². The molecule has 2 amide bonds. The molecule has 0 aliphatic carbocycles. The highest BCUT2D eigenvalue weighted by Gasteiger charge is 2.25. The molecule has 2 N–H and O–H groups in total. The summed E-state index contributed by atoms with van der Waals surface area (Å²) in [6.07, 6.45) is 6.16. The molecule has 0 saturated heterocycles. The normalized spacial score (nSPS) is 12.5. The molecule has 36 heavy (non-hydrogen) atoms. The van der Waals surface area contributed by atoms with Crippen LogP contribution in [-0.2, 0) is 9.59 Å². The number of rotatable bonds is 12. The summed E-state index contributed by atoms with van der Waals surface area (Å²) in [5, 5.41) is 7.46. The number of carbonyl (C=O) groups is 2. The number of hydrogen-bond acceptors (Lipinski definition) is 6. The van der Waals surface area contributed by atoms with E-state index < -0.39 is 24.0 Å². The van der Waals surface area contributed by atoms with Gasteiger partial charge in [0.15, 0.2) is 17.6 Å². The summed E-state index contributed by atoms with van der Waals surface area (Å²) < 4.78 is 16.4. The second kappa shape index (κ2) is 14.2. The Morgan fingerprint density at radius 1 is 1.08 bits per heavy atom. The number of amides is 2. The summed E-state index contributed by atoms with van der Waals surface area (Å²) in [5.74, 6) is 2.86. The van der Waals surface area contributed by atoms with Crippen molar-refractivity contribution >= 4 is 41.2 Å². The molecule has 0 unspecified atom stereocenters. The molecular weight excluding hydrogens is 505 g/mol. The standard InChI is InChI=1S/C26H29Cl2N3O5/c1-6-11-35-23-9-7-18(13-24(23)34-5)15-29-31-26(33)21(12-16(2)3)30-25(32)17(4)36-22-10-8-19(27)14-20(22)28/h1,7-10,13-17,21H,11-12H2,2-5H3,(H,30,32)(H,31,33)/b29-15-/t17-,21-/m0/s1. The number of benzene rings is 2. The number of terminal acetylenes is 1. The molecule has 192 valence electrons. The number of hydrogen-bond donors (Lipinski definition) is 2. The van der Waals surface area contributed by atoms with Crippen LogP contribution in [0.1, 0.15) is 32.8 Å². The lowest BCUT2D eigenvalue weighted by atomic mass is 10.0. The van der Waals surface area contributed by atoms with E-state index in [1.807, 2.05) is 13.8 Å². The van der Waals surface area contributed by atoms with Crippen LogP contribution in [0.15, 0.2) is 41.5 Å². The van der Waals surface area contributed by atoms with Gasteiger partial charge < -0.3 is 19.5 Å². The minimum atomic E-state index is -0.905. The van der Waals surface area contributed by atoms with Crippen molar-refractivity contribution in [2.45, 2.75) is 39.3 Å². The molecule has 2 aromatic rings. The molecule has 0 fully saturated rings. The first-order valence-electron chi connectivity index (χ1n) is 11.1. The lowest BCUT2D eigenvalue weighted by Crippen LogP contribution is -2.49. The first kappa shape index (κ1) is 28.8. The van der Waals surface area contributed by atoms with E-state index in [4.69, 9.17) is 43.8 Å². The maximum Gasteiger partial charge on any atom is 0.262 e. The van der Waals surface area contributed by atoms with Crippen molar-refractivity contribution < 1.29 is 23.8 Å². The van der Waals surface area contributed by atoms with Crippen molar-refractivity contribution in [1.82, 2.24) is 10.7 Å². The molecule has 2 atom stereocenters. The van der Waals surface area contributed by atoms with E-state index >= 15 is 0 Å². The fourth-order valence-electron chi connectivity index (χ4n) is 3.06. The smallest absolute Gasteiger partial charge is 0.262 e. The number of methoxy groups -OCH3 is 1. The van der Waals surface area contributed by atoms with Gasteiger partial charge in [0, 0.05) is 5.02 Å². The summed E-state index contributed by atoms with van der Waals surface area (Å²) in [6, 6.07) is 8.99. The largest absolute Gasteiger partial charge is 0.493 e. The number of nitrogens with one attached hydrogen (secondary N) is 2. The molecular formula is C26H29Cl2N3O5. The van der Waals surface area contributed by atoms with Crippen molar-refractivity contribution in [1.29, 1.82) is 0 Å². The van der Waals surface area contributed by atoms with Gasteiger partial charge in [0.05, 0.1) is 18.3 Å². The van der Waals surface area contributed by atoms with Gasteiger partial charge in [-0.2, -0.15) is 5.10 Å². The first-order chi connectivity index (χ1) is 17.1. The van der Waals surface area contributed by atoms with Gasteiger partial charge in [-0.25, -0.2) is 5.43 Å². The third-order valence-electron chi connectivity index (χ3n) is 4.79. The summed E-state index contributed by atoms with van der Waals surface area (Å²) >= 11 is 12.0. The van der Waals surface area contributed by atoms with Gasteiger partial charge in [-0.3, -0.25) is 9.59 Å². The van der Waals surface area contributed by atoms with Crippen LogP contribution >= 0.6 is 23.2 Å². The Hall–Kier alpha value is -3.41. The van der Waals surface area contributed by atoms with Crippen LogP contribution in [0.2, 0.25) is 10.0 Å². The molecule has 0 aliphatic rings. The van der Waals surface area contributed by atoms with E-state index in [0.717, 1.165) is 0 Å². The zero-order chi connectivity index (χ0) is 26.7. The third kappa shape index (κ3) is 8.99. The second-order valence-electron chi connectivity index (χ2n) is 8.16. The fourth-order valence-corrected chi connectivity index (χ4v) is 3.51. The van der Waals surface area contributed by atoms with Crippen molar-refractivity contribution in [2.24, 2.45) is 11.0 Å². The SMILES string of the molecule is C#CCOc1ccc(/C=N\NC(=O)[C@H](CC(C)C)NC(=O)[C@H](C)Oc2ccc(Cl)cc2Cl)cc1OC. The lowest BCUT2D eigenvalue weighted by molar-refractivity contribution is -0.132. The van der Waals surface area contributed by atoms with Gasteiger partial charge in [-0.05, 0) is 61.2 Å². The Balaban J connectivity index is 2.02. The zero-order valence-corrected chi connectivity index (χ0v) is 22.0. The Kier molecular flexibility index (Phi) is 11.4. The Morgan fingerprint density at radius 3 is 2.44 bits per heavy atom. The maximum atomic E-state index is 12.8. The van der Waals surface area contributed by atoms with Crippen LogP contribution in [0.3, 0.4) is 0 Å². The van der Waals surface area contributed by atoms with Gasteiger partial charge >= 0.3 is 0 Å². The van der Waals surface area contributed by atoms with Crippen molar-refractivity contribution in [2.75, 3.05) is 13.7 Å². The molecule has 0 aromatic heterocycles. The topological polar surface area (TPSA) is 98.2 Å². The second-order valence-corrected chi connectivity index (χ2v) is 9.01. The quantitative estimate of drug-likeness (QED) is 0.238. The highest BCUT2D eigenvalue weighted by Crippen LogP contribution is 2.29. The molecule has 10 heteroatoms. The van der Waals surface area contributed by atoms with Gasteiger partial charge in [0.25, 0.3) is 11.8 Å². The Bertz CT molecular complexity index is 1130. The molecule has 0 spiro atoms. The van der Waals surface area contributed by atoms with Gasteiger partial charge in [0.1, 0.15) is 18.4 Å². The summed E-state index contributed by atoms with van der Waals surface area (Å²) in [4.78, 5) is 25.5. The minimum Gasteiger partial charge on any atom is -0.493 e. The molecule has 0 heterocycles. The van der Waals surface area contributed by atoms with E-state index in [1.165, 1.54) is 19.4 Å². The van der Waals surface area contributed by atoms with Gasteiger partial charge in [-0.15, -0.1) is 6.42 Å². The predicted octanol–water partition coefficient (Wildman–Crippen LogP) is 4.46. The number of ether oxygens (including phenoxy) is 3. The van der Waals surface area contributed by atoms with Crippen molar-refractivity contribution in [3.63, 3.8) is 0 Å². The van der Waals surface area contributed by atoms with Gasteiger partial charge in [-0.1, -0.05) is 43.0 Å². The monoisotopic (exact) mass is 533 g/mol. The number of nitrogens with zero attached hydrogens (tertiary/aromatic N) is 1. The summed E-state index contributed by atoms with van der Waals surface area (Å²) in [5.41, 5.74) is 3.13. The van der Waals surface area contributed by atoms with E-state index in [2.05, 4.69) is 21.8 Å². The first-order valence-corrected chi connectivity index (χ1v) is 11.9. The average molecular weight is 534 g/mol. The van der Waals surface area contributed by atoms with E-state index in [0.29, 0.717) is 34.3 Å². The molecule has 0 radical (unpaired) electrons. The highest BCUT2D eigenvalue weighted by molar-refractivity contribution is 6.35. The van der Waals surface area contributed by atoms with Crippen molar-refractivity contribution in [3.8, 4) is 29.6 Å². The molecule has 0 aliphatic heterocycles. The predicted molar refractivity (Wildman–Crippen MR) is 141 cm³/mol. The van der Waals surface area contributed by atoms with E-state index in [1.54, 1.807) is 37.3 Å². The zero-order valence-electron chi connectivity index (χ0n) is 20.5. The molecule has 0 saturated carbocycles. The molecule has 2 rings (SSSR count). The Labute approximate surface area is 221 Å². The van der Waals surface area contributed by atoms with Crippen LogP contribution in [0.5, 0.6) is 17.2 Å². The number of carbonyl (C=O) groups excluding carboxylic acids is 2. The highest BCUT2D eigenvalue weighted by atomic mass is 35.5. The van der Waals surface area contributed by atoms with Crippen LogP contribution < -0.4 is 25.0 Å². The fraction of sp³-hybridized carbons (Fsp3) is 0.346. The van der Waals surface area contributed by atoms with E-state index in [-0.39, 0.29) is 17.5 Å². The molecule has 2 aromatic carbocycles. The molecule has 0 bridgehead atoms. The number of hydrazone groups is 1.